The molecule has 0 aliphatic carbocycles. The number of benzene rings is 1. The zero-order valence-corrected chi connectivity index (χ0v) is 18.1. The van der Waals surface area contributed by atoms with Crippen molar-refractivity contribution >= 4 is 40.7 Å². The number of nitrogens with zero attached hydrogens (tertiary/aromatic N) is 1. The molecular weight excluding hydrogens is 420 g/mol. The number of carbonyl (C=O) groups is 3. The topological polar surface area (TPSA) is 75.7 Å². The molecule has 2 aromatic rings. The number of hydrogen-bond donors (Lipinski definition) is 1. The number of fused-ring (bicyclic) bond motifs is 1. The third kappa shape index (κ3) is 4.77. The minimum absolute atomic E-state index is 0.0479. The predicted octanol–water partition coefficient (Wildman–Crippen LogP) is 2.74. The van der Waals surface area contributed by atoms with Crippen molar-refractivity contribution in [3.63, 3.8) is 0 Å². The SMILES string of the molecule is O=C(NC(CSCc1ccccc1)C(=O)N1CCCC2OCC(=O)C21)c1cccs1. The predicted molar refractivity (Wildman–Crippen MR) is 118 cm³/mol. The van der Waals surface area contributed by atoms with E-state index in [-0.39, 0.29) is 30.3 Å². The Hall–Kier alpha value is -2.16. The van der Waals surface area contributed by atoms with Gasteiger partial charge in [-0.3, -0.25) is 14.4 Å². The first-order chi connectivity index (χ1) is 14.6. The Kier molecular flexibility index (Phi) is 6.86. The molecule has 3 atom stereocenters. The van der Waals surface area contributed by atoms with Crippen LogP contribution in [0.15, 0.2) is 47.8 Å². The second kappa shape index (κ2) is 9.76. The van der Waals surface area contributed by atoms with Gasteiger partial charge in [-0.15, -0.1) is 11.3 Å². The summed E-state index contributed by atoms with van der Waals surface area (Å²) in [6.45, 7) is 0.581. The third-order valence-electron chi connectivity index (χ3n) is 5.37. The minimum atomic E-state index is -0.694. The maximum atomic E-state index is 13.4. The van der Waals surface area contributed by atoms with Crippen LogP contribution < -0.4 is 5.32 Å². The Labute approximate surface area is 184 Å². The standard InChI is InChI=1S/C22H24N2O4S2/c25-17-12-28-18-8-4-10-24(20(17)18)22(27)16(23-21(26)19-9-5-11-30-19)14-29-13-15-6-2-1-3-7-15/h1-3,5-7,9,11,16,18,20H,4,8,10,12-14H2,(H,23,26). The van der Waals surface area contributed by atoms with Crippen molar-refractivity contribution in [1.29, 1.82) is 0 Å². The highest BCUT2D eigenvalue weighted by molar-refractivity contribution is 7.98. The first-order valence-corrected chi connectivity index (χ1v) is 12.1. The van der Waals surface area contributed by atoms with Gasteiger partial charge in [-0.1, -0.05) is 36.4 Å². The molecule has 158 valence electrons. The van der Waals surface area contributed by atoms with E-state index in [0.29, 0.717) is 17.2 Å². The van der Waals surface area contributed by atoms with Gasteiger partial charge in [0, 0.05) is 18.1 Å². The summed E-state index contributed by atoms with van der Waals surface area (Å²) in [7, 11) is 0. The molecule has 3 heterocycles. The van der Waals surface area contributed by atoms with Crippen molar-refractivity contribution in [3.8, 4) is 0 Å². The molecule has 2 fully saturated rings. The van der Waals surface area contributed by atoms with Gasteiger partial charge in [-0.2, -0.15) is 11.8 Å². The number of ketones is 1. The number of Topliss-reactive ketones (excluding diaryl/α,β-unsaturated/α-hetero) is 1. The monoisotopic (exact) mass is 444 g/mol. The number of rotatable bonds is 7. The zero-order valence-electron chi connectivity index (χ0n) is 16.5. The van der Waals surface area contributed by atoms with E-state index >= 15 is 0 Å². The fourth-order valence-corrected chi connectivity index (χ4v) is 5.55. The summed E-state index contributed by atoms with van der Waals surface area (Å²) < 4.78 is 5.57. The van der Waals surface area contributed by atoms with E-state index in [1.807, 2.05) is 41.8 Å². The van der Waals surface area contributed by atoms with Crippen molar-refractivity contribution in [2.24, 2.45) is 0 Å². The number of amides is 2. The normalized spacial score (nSPS) is 21.9. The third-order valence-corrected chi connectivity index (χ3v) is 7.35. The van der Waals surface area contributed by atoms with Crippen LogP contribution in [0, 0.1) is 0 Å². The van der Waals surface area contributed by atoms with Crippen LogP contribution in [0.25, 0.3) is 0 Å². The molecule has 3 unspecified atom stereocenters. The van der Waals surface area contributed by atoms with Crippen molar-refractivity contribution < 1.29 is 19.1 Å². The maximum Gasteiger partial charge on any atom is 0.262 e. The number of carbonyl (C=O) groups excluding carboxylic acids is 3. The number of thioether (sulfide) groups is 1. The molecule has 4 rings (SSSR count). The van der Waals surface area contributed by atoms with Gasteiger partial charge in [0.1, 0.15) is 18.7 Å². The highest BCUT2D eigenvalue weighted by Gasteiger charge is 2.45. The van der Waals surface area contributed by atoms with E-state index in [0.717, 1.165) is 24.2 Å². The van der Waals surface area contributed by atoms with Gasteiger partial charge >= 0.3 is 0 Å². The second-order valence-corrected chi connectivity index (χ2v) is 9.42. The summed E-state index contributed by atoms with van der Waals surface area (Å²) in [5, 5.41) is 4.74. The smallest absolute Gasteiger partial charge is 0.262 e. The number of ether oxygens (including phenoxy) is 1. The average Bonchev–Trinajstić information content (AvgIpc) is 3.44. The molecule has 30 heavy (non-hydrogen) atoms. The van der Waals surface area contributed by atoms with Crippen LogP contribution >= 0.6 is 23.1 Å². The van der Waals surface area contributed by atoms with Gasteiger partial charge in [0.05, 0.1) is 11.0 Å². The molecule has 0 radical (unpaired) electrons. The van der Waals surface area contributed by atoms with E-state index in [4.69, 9.17) is 4.74 Å². The molecule has 2 aliphatic heterocycles. The highest BCUT2D eigenvalue weighted by atomic mass is 32.2. The Bertz CT molecular complexity index is 888. The maximum absolute atomic E-state index is 13.4. The van der Waals surface area contributed by atoms with Crippen LogP contribution in [0.3, 0.4) is 0 Å². The molecular formula is C22H24N2O4S2. The Morgan fingerprint density at radius 3 is 2.83 bits per heavy atom. The molecule has 0 saturated carbocycles. The Morgan fingerprint density at radius 2 is 2.07 bits per heavy atom. The van der Waals surface area contributed by atoms with Gasteiger partial charge < -0.3 is 15.0 Å². The lowest BCUT2D eigenvalue weighted by Gasteiger charge is -2.37. The lowest BCUT2D eigenvalue weighted by molar-refractivity contribution is -0.141. The molecule has 1 N–H and O–H groups in total. The second-order valence-electron chi connectivity index (χ2n) is 7.44. The number of nitrogens with one attached hydrogen (secondary N) is 1. The van der Waals surface area contributed by atoms with E-state index < -0.39 is 12.1 Å². The summed E-state index contributed by atoms with van der Waals surface area (Å²) >= 11 is 2.94. The lowest BCUT2D eigenvalue weighted by atomic mass is 9.97. The minimum Gasteiger partial charge on any atom is -0.368 e. The molecule has 2 amide bonds. The molecule has 0 spiro atoms. The van der Waals surface area contributed by atoms with Gasteiger partial charge in [-0.05, 0) is 29.9 Å². The Morgan fingerprint density at radius 1 is 1.23 bits per heavy atom. The van der Waals surface area contributed by atoms with Crippen LogP contribution in [-0.2, 0) is 20.1 Å². The van der Waals surface area contributed by atoms with Crippen molar-refractivity contribution in [2.45, 2.75) is 36.8 Å². The van der Waals surface area contributed by atoms with E-state index in [2.05, 4.69) is 5.32 Å². The molecule has 1 aromatic heterocycles. The summed E-state index contributed by atoms with van der Waals surface area (Å²) in [6, 6.07) is 12.3. The molecule has 8 heteroatoms. The van der Waals surface area contributed by atoms with E-state index in [9.17, 15) is 14.4 Å². The molecule has 2 aliphatic rings. The van der Waals surface area contributed by atoms with Gasteiger partial charge in [0.15, 0.2) is 5.78 Å². The van der Waals surface area contributed by atoms with Gasteiger partial charge in [0.25, 0.3) is 5.91 Å². The van der Waals surface area contributed by atoms with Crippen molar-refractivity contribution in [2.75, 3.05) is 18.9 Å². The highest BCUT2D eigenvalue weighted by Crippen LogP contribution is 2.27. The lowest BCUT2D eigenvalue weighted by Crippen LogP contribution is -2.58. The van der Waals surface area contributed by atoms with Crippen LogP contribution in [-0.4, -0.2) is 59.6 Å². The molecule has 0 bridgehead atoms. The number of piperidine rings is 1. The van der Waals surface area contributed by atoms with Gasteiger partial charge in [-0.25, -0.2) is 0 Å². The summed E-state index contributed by atoms with van der Waals surface area (Å²) in [5.74, 6) is 0.676. The Balaban J connectivity index is 1.47. The molecule has 6 nitrogen and oxygen atoms in total. The van der Waals surface area contributed by atoms with Crippen molar-refractivity contribution in [3.05, 3.63) is 58.3 Å². The van der Waals surface area contributed by atoms with Crippen molar-refractivity contribution in [1.82, 2.24) is 10.2 Å². The molecule has 2 saturated heterocycles. The zero-order chi connectivity index (χ0) is 20.9. The fraction of sp³-hybridized carbons (Fsp3) is 0.409. The largest absolute Gasteiger partial charge is 0.368 e. The first kappa shape index (κ1) is 21.1. The van der Waals surface area contributed by atoms with Crippen LogP contribution in [0.5, 0.6) is 0 Å². The quantitative estimate of drug-likeness (QED) is 0.711. The summed E-state index contributed by atoms with van der Waals surface area (Å²) in [4.78, 5) is 40.6. The number of thiophene rings is 1. The number of hydrogen-bond acceptors (Lipinski definition) is 6. The summed E-state index contributed by atoms with van der Waals surface area (Å²) in [6.07, 6.45) is 1.36. The molecule has 1 aromatic carbocycles. The first-order valence-electron chi connectivity index (χ1n) is 10.0. The van der Waals surface area contributed by atoms with Crippen LogP contribution in [0.2, 0.25) is 0 Å². The van der Waals surface area contributed by atoms with E-state index in [1.165, 1.54) is 11.3 Å². The summed E-state index contributed by atoms with van der Waals surface area (Å²) in [5.41, 5.74) is 1.16. The number of likely N-dealkylation sites (tertiary alicyclic amines) is 1. The van der Waals surface area contributed by atoms with Gasteiger partial charge in [0.2, 0.25) is 5.91 Å². The fourth-order valence-electron chi connectivity index (χ4n) is 3.92. The average molecular weight is 445 g/mol. The van der Waals surface area contributed by atoms with Crippen LogP contribution in [0.1, 0.15) is 28.1 Å². The van der Waals surface area contributed by atoms with Crippen LogP contribution in [0.4, 0.5) is 0 Å². The van der Waals surface area contributed by atoms with E-state index in [1.54, 1.807) is 22.7 Å².